The molecule has 0 amide bonds. The predicted molar refractivity (Wildman–Crippen MR) is 45.4 cm³/mol. The minimum atomic E-state index is -0.712. The molecule has 1 nitrogen and oxygen atoms in total. The largest absolute Gasteiger partial charge is 0.243 e. The van der Waals surface area contributed by atoms with Crippen LogP contribution in [0.3, 0.4) is 0 Å². The van der Waals surface area contributed by atoms with Crippen molar-refractivity contribution in [3.63, 3.8) is 0 Å². The van der Waals surface area contributed by atoms with Crippen molar-refractivity contribution in [1.82, 2.24) is 0 Å². The molecule has 0 aliphatic rings. The Labute approximate surface area is 69.5 Å². The van der Waals surface area contributed by atoms with Gasteiger partial charge in [0.05, 0.1) is 5.69 Å². The van der Waals surface area contributed by atoms with Gasteiger partial charge in [0.15, 0.2) is 0 Å². The van der Waals surface area contributed by atoms with Crippen molar-refractivity contribution in [3.05, 3.63) is 30.3 Å². The van der Waals surface area contributed by atoms with E-state index in [-0.39, 0.29) is 5.17 Å². The molecule has 0 fully saturated rings. The molecule has 1 aromatic carbocycles. The van der Waals surface area contributed by atoms with Crippen molar-refractivity contribution in [2.45, 2.75) is 0 Å². The van der Waals surface area contributed by atoms with Crippen LogP contribution >= 0.6 is 11.6 Å². The predicted octanol–water partition coefficient (Wildman–Crippen LogP) is 2.92. The molecule has 1 rings (SSSR count). The third-order valence-corrected chi connectivity index (χ3v) is 1.30. The van der Waals surface area contributed by atoms with Crippen LogP contribution in [0.5, 0.6) is 0 Å². The molecule has 0 atom stereocenters. The number of nitrogens with zero attached hydrogens (tertiary/aromatic N) is 1. The number of hydrogen-bond acceptors (Lipinski definition) is 1. The van der Waals surface area contributed by atoms with E-state index in [1.54, 1.807) is 12.1 Å². The summed E-state index contributed by atoms with van der Waals surface area (Å²) in [5.41, 5.74) is 0.676. The average Bonchev–Trinajstić information content (AvgIpc) is 2.06. The Balaban J connectivity index is 2.79. The van der Waals surface area contributed by atoms with Crippen molar-refractivity contribution < 1.29 is 4.39 Å². The standard InChI is InChI=1S/C8H7ClFN/c9-8(6-10)11-7-4-2-1-3-5-7/h1-5H,6H2. The number of aliphatic imine (C=N–C) groups is 1. The first-order valence-corrected chi connectivity index (χ1v) is 3.55. The van der Waals surface area contributed by atoms with Gasteiger partial charge >= 0.3 is 0 Å². The van der Waals surface area contributed by atoms with Crippen LogP contribution in [0.1, 0.15) is 0 Å². The number of hydrogen-bond donors (Lipinski definition) is 0. The molecule has 0 aliphatic carbocycles. The lowest BCUT2D eigenvalue weighted by Gasteiger charge is -1.91. The van der Waals surface area contributed by atoms with Gasteiger partial charge in [-0.15, -0.1) is 0 Å². The summed E-state index contributed by atoms with van der Waals surface area (Å²) in [7, 11) is 0. The molecule has 0 spiro atoms. The summed E-state index contributed by atoms with van der Waals surface area (Å²) in [4.78, 5) is 3.78. The normalized spacial score (nSPS) is 11.6. The van der Waals surface area contributed by atoms with Gasteiger partial charge in [0, 0.05) is 0 Å². The Hall–Kier alpha value is -0.890. The summed E-state index contributed by atoms with van der Waals surface area (Å²) in [6.07, 6.45) is 0. The van der Waals surface area contributed by atoms with E-state index in [2.05, 4.69) is 4.99 Å². The van der Waals surface area contributed by atoms with Gasteiger partial charge in [0.25, 0.3) is 0 Å². The van der Waals surface area contributed by atoms with Crippen molar-refractivity contribution in [2.75, 3.05) is 6.67 Å². The first kappa shape index (κ1) is 8.21. The number of alkyl halides is 1. The minimum Gasteiger partial charge on any atom is -0.243 e. The first-order chi connectivity index (χ1) is 5.33. The highest BCUT2D eigenvalue weighted by molar-refractivity contribution is 6.66. The van der Waals surface area contributed by atoms with Crippen molar-refractivity contribution >= 4 is 22.5 Å². The lowest BCUT2D eigenvalue weighted by Crippen LogP contribution is -1.86. The fourth-order valence-electron chi connectivity index (χ4n) is 0.672. The first-order valence-electron chi connectivity index (χ1n) is 3.17. The number of halogens is 2. The molecule has 0 N–H and O–H groups in total. The van der Waals surface area contributed by atoms with Gasteiger partial charge in [0.1, 0.15) is 11.8 Å². The number of para-hydroxylation sites is 1. The number of rotatable bonds is 2. The quantitative estimate of drug-likeness (QED) is 0.607. The summed E-state index contributed by atoms with van der Waals surface area (Å²) < 4.78 is 11.8. The highest BCUT2D eigenvalue weighted by atomic mass is 35.5. The minimum absolute atomic E-state index is 0.0174. The van der Waals surface area contributed by atoms with Gasteiger partial charge in [-0.2, -0.15) is 0 Å². The lowest BCUT2D eigenvalue weighted by molar-refractivity contribution is 0.585. The van der Waals surface area contributed by atoms with Gasteiger partial charge in [-0.3, -0.25) is 0 Å². The second-order valence-electron chi connectivity index (χ2n) is 1.96. The van der Waals surface area contributed by atoms with Crippen LogP contribution in [0, 0.1) is 0 Å². The molecule has 0 aliphatic heterocycles. The third kappa shape index (κ3) is 2.68. The highest BCUT2D eigenvalue weighted by Crippen LogP contribution is 2.10. The molecule has 0 heterocycles. The van der Waals surface area contributed by atoms with Gasteiger partial charge in [-0.25, -0.2) is 9.38 Å². The zero-order valence-electron chi connectivity index (χ0n) is 5.80. The summed E-state index contributed by atoms with van der Waals surface area (Å²) >= 11 is 5.37. The van der Waals surface area contributed by atoms with Crippen LogP contribution in [0.4, 0.5) is 10.1 Å². The second kappa shape index (κ2) is 4.09. The van der Waals surface area contributed by atoms with E-state index in [0.717, 1.165) is 0 Å². The molecular formula is C8H7ClFN. The van der Waals surface area contributed by atoms with E-state index in [1.807, 2.05) is 18.2 Å². The Morgan fingerprint density at radius 2 is 2.00 bits per heavy atom. The summed E-state index contributed by atoms with van der Waals surface area (Å²) in [5.74, 6) is 0. The molecule has 1 aromatic rings. The Bertz CT molecular complexity index is 246. The monoisotopic (exact) mass is 171 g/mol. The fourth-order valence-corrected chi connectivity index (χ4v) is 0.770. The van der Waals surface area contributed by atoms with Crippen molar-refractivity contribution in [1.29, 1.82) is 0 Å². The van der Waals surface area contributed by atoms with Crippen LogP contribution < -0.4 is 0 Å². The zero-order chi connectivity index (χ0) is 8.10. The molecule has 58 valence electrons. The van der Waals surface area contributed by atoms with Crippen LogP contribution in [-0.2, 0) is 0 Å². The highest BCUT2D eigenvalue weighted by Gasteiger charge is 1.91. The molecule has 0 bridgehead atoms. The molecule has 11 heavy (non-hydrogen) atoms. The van der Waals surface area contributed by atoms with Crippen LogP contribution in [0.2, 0.25) is 0 Å². The van der Waals surface area contributed by atoms with Gasteiger partial charge in [0.2, 0.25) is 0 Å². The maximum atomic E-state index is 11.8. The van der Waals surface area contributed by atoms with E-state index < -0.39 is 6.67 Å². The van der Waals surface area contributed by atoms with E-state index in [9.17, 15) is 4.39 Å². The second-order valence-corrected chi connectivity index (χ2v) is 2.39. The summed E-state index contributed by atoms with van der Waals surface area (Å²) in [6, 6.07) is 9.03. The molecule has 0 radical (unpaired) electrons. The Morgan fingerprint density at radius 1 is 1.36 bits per heavy atom. The Morgan fingerprint density at radius 3 is 2.55 bits per heavy atom. The van der Waals surface area contributed by atoms with Gasteiger partial charge < -0.3 is 0 Å². The van der Waals surface area contributed by atoms with Crippen molar-refractivity contribution in [3.8, 4) is 0 Å². The molecule has 0 saturated carbocycles. The maximum Gasteiger partial charge on any atom is 0.142 e. The third-order valence-electron chi connectivity index (χ3n) is 1.12. The molecular weight excluding hydrogens is 165 g/mol. The molecule has 0 unspecified atom stereocenters. The number of benzene rings is 1. The van der Waals surface area contributed by atoms with E-state index in [0.29, 0.717) is 5.69 Å². The smallest absolute Gasteiger partial charge is 0.142 e. The van der Waals surface area contributed by atoms with Gasteiger partial charge in [-0.1, -0.05) is 29.8 Å². The molecule has 0 aromatic heterocycles. The molecule has 0 saturated heterocycles. The fraction of sp³-hybridized carbons (Fsp3) is 0.125. The van der Waals surface area contributed by atoms with Crippen LogP contribution in [0.15, 0.2) is 35.3 Å². The van der Waals surface area contributed by atoms with Crippen LogP contribution in [-0.4, -0.2) is 11.8 Å². The van der Waals surface area contributed by atoms with Gasteiger partial charge in [-0.05, 0) is 12.1 Å². The zero-order valence-corrected chi connectivity index (χ0v) is 6.55. The van der Waals surface area contributed by atoms with E-state index in [4.69, 9.17) is 11.6 Å². The Kier molecular flexibility index (Phi) is 3.05. The SMILES string of the molecule is FCC(Cl)=Nc1ccccc1. The summed E-state index contributed by atoms with van der Waals surface area (Å²) in [5, 5.41) is -0.0174. The van der Waals surface area contributed by atoms with E-state index in [1.165, 1.54) is 0 Å². The van der Waals surface area contributed by atoms with E-state index >= 15 is 0 Å². The summed E-state index contributed by atoms with van der Waals surface area (Å²) in [6.45, 7) is -0.712. The van der Waals surface area contributed by atoms with Crippen LogP contribution in [0.25, 0.3) is 0 Å². The maximum absolute atomic E-state index is 11.8. The average molecular weight is 172 g/mol. The topological polar surface area (TPSA) is 12.4 Å². The van der Waals surface area contributed by atoms with Crippen molar-refractivity contribution in [2.24, 2.45) is 4.99 Å². The molecule has 3 heteroatoms. The lowest BCUT2D eigenvalue weighted by atomic mass is 10.3.